The second-order valence-electron chi connectivity index (χ2n) is 3.40. The molecule has 0 aliphatic heterocycles. The standard InChI is InChI=1S/C10H16N2O2/c1-8(2)12-9(5-4-6-13)10(14-3)7-11-12/h6-8H,4-5H2,1-3H3. The number of hydrogen-bond donors (Lipinski definition) is 0. The van der Waals surface area contributed by atoms with Crippen LogP contribution in [0.4, 0.5) is 0 Å². The number of hydrogen-bond acceptors (Lipinski definition) is 3. The maximum atomic E-state index is 10.3. The van der Waals surface area contributed by atoms with Crippen LogP contribution in [-0.4, -0.2) is 23.2 Å². The Morgan fingerprint density at radius 3 is 2.86 bits per heavy atom. The van der Waals surface area contributed by atoms with Gasteiger partial charge in [0.25, 0.3) is 0 Å². The molecule has 0 radical (unpaired) electrons. The molecule has 0 aliphatic carbocycles. The van der Waals surface area contributed by atoms with Crippen molar-refractivity contribution in [3.05, 3.63) is 11.9 Å². The molecular formula is C10H16N2O2. The van der Waals surface area contributed by atoms with Crippen LogP contribution in [0.15, 0.2) is 6.20 Å². The third-order valence-electron chi connectivity index (χ3n) is 2.07. The van der Waals surface area contributed by atoms with Gasteiger partial charge in [-0.1, -0.05) is 0 Å². The highest BCUT2D eigenvalue weighted by Crippen LogP contribution is 2.21. The van der Waals surface area contributed by atoms with Gasteiger partial charge in [-0.05, 0) is 20.3 Å². The highest BCUT2D eigenvalue weighted by atomic mass is 16.5. The second-order valence-corrected chi connectivity index (χ2v) is 3.40. The molecule has 1 rings (SSSR count). The van der Waals surface area contributed by atoms with Crippen LogP contribution >= 0.6 is 0 Å². The lowest BCUT2D eigenvalue weighted by atomic mass is 10.2. The fourth-order valence-electron chi connectivity index (χ4n) is 1.42. The van der Waals surface area contributed by atoms with Crippen molar-refractivity contribution in [2.24, 2.45) is 0 Å². The molecule has 0 amide bonds. The molecule has 0 saturated heterocycles. The summed E-state index contributed by atoms with van der Waals surface area (Å²) in [6.45, 7) is 4.10. The van der Waals surface area contributed by atoms with Gasteiger partial charge in [-0.15, -0.1) is 0 Å². The zero-order valence-corrected chi connectivity index (χ0v) is 8.86. The van der Waals surface area contributed by atoms with E-state index in [9.17, 15) is 4.79 Å². The van der Waals surface area contributed by atoms with Gasteiger partial charge in [0.2, 0.25) is 0 Å². The van der Waals surface area contributed by atoms with E-state index in [1.165, 1.54) is 0 Å². The van der Waals surface area contributed by atoms with Crippen molar-refractivity contribution in [3.8, 4) is 5.75 Å². The fraction of sp³-hybridized carbons (Fsp3) is 0.600. The molecule has 14 heavy (non-hydrogen) atoms. The number of aldehydes is 1. The van der Waals surface area contributed by atoms with Gasteiger partial charge in [0.1, 0.15) is 6.29 Å². The van der Waals surface area contributed by atoms with Gasteiger partial charge in [0.05, 0.1) is 19.0 Å². The van der Waals surface area contributed by atoms with E-state index in [4.69, 9.17) is 4.74 Å². The number of carbonyl (C=O) groups is 1. The van der Waals surface area contributed by atoms with E-state index in [0.717, 1.165) is 17.7 Å². The van der Waals surface area contributed by atoms with Gasteiger partial charge in [-0.25, -0.2) is 0 Å². The summed E-state index contributed by atoms with van der Waals surface area (Å²) in [4.78, 5) is 10.3. The van der Waals surface area contributed by atoms with E-state index >= 15 is 0 Å². The smallest absolute Gasteiger partial charge is 0.159 e. The largest absolute Gasteiger partial charge is 0.493 e. The molecule has 4 heteroatoms. The average Bonchev–Trinajstić information content (AvgIpc) is 2.57. The minimum absolute atomic E-state index is 0.292. The van der Waals surface area contributed by atoms with Gasteiger partial charge in [-0.3, -0.25) is 4.68 Å². The predicted molar refractivity (Wildman–Crippen MR) is 53.5 cm³/mol. The number of nitrogens with zero attached hydrogens (tertiary/aromatic N) is 2. The molecule has 0 spiro atoms. The van der Waals surface area contributed by atoms with Gasteiger partial charge >= 0.3 is 0 Å². The molecule has 1 aromatic rings. The average molecular weight is 196 g/mol. The Bertz CT molecular complexity index is 305. The Morgan fingerprint density at radius 2 is 2.36 bits per heavy atom. The van der Waals surface area contributed by atoms with Crippen molar-refractivity contribution in [2.75, 3.05) is 7.11 Å². The van der Waals surface area contributed by atoms with Crippen molar-refractivity contribution in [2.45, 2.75) is 32.7 Å². The van der Waals surface area contributed by atoms with Crippen LogP contribution in [-0.2, 0) is 11.2 Å². The van der Waals surface area contributed by atoms with Crippen molar-refractivity contribution >= 4 is 6.29 Å². The zero-order chi connectivity index (χ0) is 10.6. The molecule has 0 saturated carbocycles. The second kappa shape index (κ2) is 4.79. The van der Waals surface area contributed by atoms with Crippen molar-refractivity contribution in [1.29, 1.82) is 0 Å². The Balaban J connectivity index is 2.93. The topological polar surface area (TPSA) is 44.1 Å². The number of rotatable bonds is 5. The summed E-state index contributed by atoms with van der Waals surface area (Å²) < 4.78 is 7.07. The molecule has 78 valence electrons. The van der Waals surface area contributed by atoms with Crippen molar-refractivity contribution in [1.82, 2.24) is 9.78 Å². The van der Waals surface area contributed by atoms with Crippen LogP contribution in [0.3, 0.4) is 0 Å². The van der Waals surface area contributed by atoms with E-state index < -0.39 is 0 Å². The number of aromatic nitrogens is 2. The maximum Gasteiger partial charge on any atom is 0.159 e. The highest BCUT2D eigenvalue weighted by Gasteiger charge is 2.12. The minimum Gasteiger partial charge on any atom is -0.493 e. The molecule has 0 atom stereocenters. The number of ether oxygens (including phenoxy) is 1. The first-order valence-corrected chi connectivity index (χ1v) is 4.74. The third kappa shape index (κ3) is 2.13. The lowest BCUT2D eigenvalue weighted by Crippen LogP contribution is -2.08. The highest BCUT2D eigenvalue weighted by molar-refractivity contribution is 5.50. The van der Waals surface area contributed by atoms with Crippen LogP contribution in [0.2, 0.25) is 0 Å². The van der Waals surface area contributed by atoms with E-state index in [2.05, 4.69) is 18.9 Å². The van der Waals surface area contributed by atoms with E-state index in [1.54, 1.807) is 13.3 Å². The number of methoxy groups -OCH3 is 1. The summed E-state index contributed by atoms with van der Waals surface area (Å²) in [5.41, 5.74) is 0.995. The van der Waals surface area contributed by atoms with E-state index in [-0.39, 0.29) is 0 Å². The molecule has 0 aliphatic rings. The van der Waals surface area contributed by atoms with Crippen LogP contribution in [0.5, 0.6) is 5.75 Å². The van der Waals surface area contributed by atoms with Gasteiger partial charge in [0, 0.05) is 12.5 Å². The van der Waals surface area contributed by atoms with Crippen molar-refractivity contribution < 1.29 is 9.53 Å². The van der Waals surface area contributed by atoms with Gasteiger partial charge in [-0.2, -0.15) is 5.10 Å². The Kier molecular flexibility index (Phi) is 3.68. The lowest BCUT2D eigenvalue weighted by molar-refractivity contribution is -0.107. The van der Waals surface area contributed by atoms with Crippen molar-refractivity contribution in [3.63, 3.8) is 0 Å². The SMILES string of the molecule is COc1cnn(C(C)C)c1CCC=O. The molecule has 0 unspecified atom stereocenters. The molecule has 0 bridgehead atoms. The van der Waals surface area contributed by atoms with E-state index in [1.807, 2.05) is 4.68 Å². The first kappa shape index (κ1) is 10.8. The van der Waals surface area contributed by atoms with Crippen LogP contribution < -0.4 is 4.74 Å². The monoisotopic (exact) mass is 196 g/mol. The maximum absolute atomic E-state index is 10.3. The summed E-state index contributed by atoms with van der Waals surface area (Å²) >= 11 is 0. The minimum atomic E-state index is 0.292. The van der Waals surface area contributed by atoms with Crippen LogP contribution in [0.25, 0.3) is 0 Å². The van der Waals surface area contributed by atoms with Gasteiger partial charge in [0.15, 0.2) is 5.75 Å². The quantitative estimate of drug-likeness (QED) is 0.672. The summed E-state index contributed by atoms with van der Waals surface area (Å²) in [5, 5.41) is 4.22. The van der Waals surface area contributed by atoms with Crippen LogP contribution in [0, 0.1) is 0 Å². The molecule has 1 aromatic heterocycles. The molecule has 0 N–H and O–H groups in total. The summed E-state index contributed by atoms with van der Waals surface area (Å²) in [5.74, 6) is 0.764. The summed E-state index contributed by atoms with van der Waals surface area (Å²) in [6.07, 6.45) is 3.80. The summed E-state index contributed by atoms with van der Waals surface area (Å²) in [7, 11) is 1.62. The fourth-order valence-corrected chi connectivity index (χ4v) is 1.42. The Labute approximate surface area is 83.9 Å². The van der Waals surface area contributed by atoms with Gasteiger partial charge < -0.3 is 9.53 Å². The first-order valence-electron chi connectivity index (χ1n) is 4.74. The third-order valence-corrected chi connectivity index (χ3v) is 2.07. The molecule has 1 heterocycles. The Morgan fingerprint density at radius 1 is 1.64 bits per heavy atom. The lowest BCUT2D eigenvalue weighted by Gasteiger charge is -2.10. The molecule has 0 fully saturated rings. The molecule has 0 aromatic carbocycles. The summed E-state index contributed by atoms with van der Waals surface area (Å²) in [6, 6.07) is 0.292. The Hall–Kier alpha value is -1.32. The number of carbonyl (C=O) groups excluding carboxylic acids is 1. The zero-order valence-electron chi connectivity index (χ0n) is 8.86. The van der Waals surface area contributed by atoms with E-state index in [0.29, 0.717) is 18.9 Å². The molecular weight excluding hydrogens is 180 g/mol. The predicted octanol–water partition coefficient (Wildman–Crippen LogP) is 1.60. The normalized spacial score (nSPS) is 10.6. The van der Waals surface area contributed by atoms with Crippen LogP contribution in [0.1, 0.15) is 32.0 Å². The molecule has 4 nitrogen and oxygen atoms in total. The first-order chi connectivity index (χ1) is 6.70.